The summed E-state index contributed by atoms with van der Waals surface area (Å²) >= 11 is 0. The summed E-state index contributed by atoms with van der Waals surface area (Å²) in [6, 6.07) is 0. The molecular weight excluding hydrogens is 232 g/mol. The minimum atomic E-state index is 0.102. The van der Waals surface area contributed by atoms with Crippen LogP contribution in [0.3, 0.4) is 0 Å². The summed E-state index contributed by atoms with van der Waals surface area (Å²) in [6.07, 6.45) is 25.0. The van der Waals surface area contributed by atoms with Crippen molar-refractivity contribution in [3.05, 3.63) is 36.5 Å². The van der Waals surface area contributed by atoms with Crippen molar-refractivity contribution < 1.29 is 5.11 Å². The Bertz CT molecular complexity index is 238. The zero-order valence-electron chi connectivity index (χ0n) is 12.7. The Balaban J connectivity index is 3.19. The molecule has 0 aliphatic carbocycles. The summed E-state index contributed by atoms with van der Waals surface area (Å²) in [7, 11) is 0. The standard InChI is InChI=1S/C18H31O/c1-2-3-4-5-6-7-8-9-10-11-12-13-14-15-16-17-18-19/h3-4,6-7,9-10H,2,5,8,11-18H2,1H3/b4-3-,7-6-,10-9-. The molecule has 19 heavy (non-hydrogen) atoms. The van der Waals surface area contributed by atoms with Gasteiger partial charge in [0.05, 0.1) is 6.61 Å². The lowest BCUT2D eigenvalue weighted by Gasteiger charge is -1.98. The highest BCUT2D eigenvalue weighted by molar-refractivity contribution is 4.96. The predicted octanol–water partition coefficient (Wildman–Crippen LogP) is 6.01. The molecule has 0 fully saturated rings. The zero-order chi connectivity index (χ0) is 14.0. The van der Waals surface area contributed by atoms with Gasteiger partial charge in [0.2, 0.25) is 0 Å². The molecule has 1 nitrogen and oxygen atoms in total. The lowest BCUT2D eigenvalue weighted by Crippen LogP contribution is -1.82. The van der Waals surface area contributed by atoms with Crippen molar-refractivity contribution in [2.24, 2.45) is 0 Å². The molecule has 0 aromatic heterocycles. The van der Waals surface area contributed by atoms with Crippen molar-refractivity contribution in [1.29, 1.82) is 0 Å². The van der Waals surface area contributed by atoms with Crippen molar-refractivity contribution in [3.8, 4) is 0 Å². The van der Waals surface area contributed by atoms with Gasteiger partial charge >= 0.3 is 0 Å². The van der Waals surface area contributed by atoms with Crippen LogP contribution < -0.4 is 0 Å². The summed E-state index contributed by atoms with van der Waals surface area (Å²) in [6.45, 7) is 2.26. The molecule has 0 unspecified atom stereocenters. The fourth-order valence-corrected chi connectivity index (χ4v) is 1.90. The third-order valence-corrected chi connectivity index (χ3v) is 3.05. The van der Waals surface area contributed by atoms with Crippen LogP contribution in [0, 0.1) is 0 Å². The molecule has 0 spiro atoms. The summed E-state index contributed by atoms with van der Waals surface area (Å²) in [5, 5.41) is 10.2. The van der Waals surface area contributed by atoms with E-state index in [4.69, 9.17) is 0 Å². The highest BCUT2D eigenvalue weighted by Crippen LogP contribution is 2.07. The van der Waals surface area contributed by atoms with E-state index in [0.717, 1.165) is 32.1 Å². The van der Waals surface area contributed by atoms with Gasteiger partial charge in [-0.05, 0) is 38.5 Å². The first-order valence-electron chi connectivity index (χ1n) is 7.95. The minimum absolute atomic E-state index is 0.102. The minimum Gasteiger partial charge on any atom is -0.237 e. The first-order chi connectivity index (χ1) is 9.41. The Morgan fingerprint density at radius 1 is 0.632 bits per heavy atom. The first kappa shape index (κ1) is 18.2. The molecule has 1 radical (unpaired) electrons. The molecule has 0 aromatic rings. The smallest absolute Gasteiger partial charge is 0.0822 e. The molecule has 0 N–H and O–H groups in total. The van der Waals surface area contributed by atoms with Crippen LogP contribution in [-0.4, -0.2) is 6.61 Å². The van der Waals surface area contributed by atoms with Crippen molar-refractivity contribution in [2.45, 2.75) is 71.1 Å². The van der Waals surface area contributed by atoms with Crippen LogP contribution in [0.1, 0.15) is 71.1 Å². The summed E-state index contributed by atoms with van der Waals surface area (Å²) in [5.41, 5.74) is 0. The Morgan fingerprint density at radius 3 is 1.79 bits per heavy atom. The zero-order valence-corrected chi connectivity index (χ0v) is 12.7. The second-order valence-corrected chi connectivity index (χ2v) is 4.91. The van der Waals surface area contributed by atoms with Gasteiger partial charge in [0.15, 0.2) is 0 Å². The van der Waals surface area contributed by atoms with Crippen LogP contribution in [-0.2, 0) is 5.11 Å². The highest BCUT2D eigenvalue weighted by Gasteiger charge is 1.89. The summed E-state index contributed by atoms with van der Waals surface area (Å²) in [4.78, 5) is 0. The van der Waals surface area contributed by atoms with E-state index in [9.17, 15) is 5.11 Å². The van der Waals surface area contributed by atoms with Gasteiger partial charge in [-0.25, -0.2) is 5.11 Å². The molecule has 0 aliphatic heterocycles. The van der Waals surface area contributed by atoms with E-state index in [1.807, 2.05) is 0 Å². The van der Waals surface area contributed by atoms with E-state index < -0.39 is 0 Å². The van der Waals surface area contributed by atoms with Gasteiger partial charge in [-0.1, -0.05) is 69.1 Å². The topological polar surface area (TPSA) is 19.9 Å². The van der Waals surface area contributed by atoms with Gasteiger partial charge in [0.25, 0.3) is 0 Å². The molecule has 0 atom stereocenters. The second kappa shape index (κ2) is 17.2. The normalized spacial score (nSPS) is 12.3. The molecule has 0 saturated heterocycles. The molecule has 0 bridgehead atoms. The van der Waals surface area contributed by atoms with Gasteiger partial charge in [0, 0.05) is 0 Å². The number of hydrogen-bond acceptors (Lipinski definition) is 0. The fraction of sp³-hybridized carbons (Fsp3) is 0.667. The predicted molar refractivity (Wildman–Crippen MR) is 84.8 cm³/mol. The van der Waals surface area contributed by atoms with Crippen molar-refractivity contribution in [3.63, 3.8) is 0 Å². The Hall–Kier alpha value is -0.820. The van der Waals surface area contributed by atoms with E-state index in [-0.39, 0.29) is 6.61 Å². The third kappa shape index (κ3) is 17.2. The molecule has 0 aromatic carbocycles. The maximum atomic E-state index is 10.2. The van der Waals surface area contributed by atoms with Crippen molar-refractivity contribution >= 4 is 0 Å². The van der Waals surface area contributed by atoms with Crippen molar-refractivity contribution in [2.75, 3.05) is 6.61 Å². The van der Waals surface area contributed by atoms with E-state index in [1.165, 1.54) is 32.1 Å². The SMILES string of the molecule is CC/C=C\C/C=C\C/C=C\CCCCCCCC[O]. The second-order valence-electron chi connectivity index (χ2n) is 4.91. The van der Waals surface area contributed by atoms with Crippen LogP contribution in [0.5, 0.6) is 0 Å². The van der Waals surface area contributed by atoms with Crippen LogP contribution in [0.25, 0.3) is 0 Å². The average molecular weight is 263 g/mol. The molecular formula is C18H31O. The van der Waals surface area contributed by atoms with E-state index in [1.54, 1.807) is 0 Å². The van der Waals surface area contributed by atoms with Gasteiger partial charge in [-0.3, -0.25) is 0 Å². The van der Waals surface area contributed by atoms with Crippen molar-refractivity contribution in [1.82, 2.24) is 0 Å². The highest BCUT2D eigenvalue weighted by atomic mass is 16.2. The molecule has 0 saturated carbocycles. The summed E-state index contributed by atoms with van der Waals surface area (Å²) in [5.74, 6) is 0. The lowest BCUT2D eigenvalue weighted by atomic mass is 10.1. The quantitative estimate of drug-likeness (QED) is 0.286. The monoisotopic (exact) mass is 263 g/mol. The van der Waals surface area contributed by atoms with Crippen LogP contribution in [0.4, 0.5) is 0 Å². The van der Waals surface area contributed by atoms with Gasteiger partial charge in [-0.15, -0.1) is 0 Å². The van der Waals surface area contributed by atoms with Crippen LogP contribution in [0.2, 0.25) is 0 Å². The van der Waals surface area contributed by atoms with Gasteiger partial charge < -0.3 is 0 Å². The van der Waals surface area contributed by atoms with Crippen LogP contribution in [0.15, 0.2) is 36.5 Å². The Kier molecular flexibility index (Phi) is 16.4. The number of rotatable bonds is 13. The van der Waals surface area contributed by atoms with E-state index >= 15 is 0 Å². The Labute approximate surface area is 120 Å². The first-order valence-corrected chi connectivity index (χ1v) is 7.95. The Morgan fingerprint density at radius 2 is 1.16 bits per heavy atom. The third-order valence-electron chi connectivity index (χ3n) is 3.05. The largest absolute Gasteiger partial charge is 0.237 e. The molecule has 0 amide bonds. The average Bonchev–Trinajstić information content (AvgIpc) is 2.43. The van der Waals surface area contributed by atoms with Gasteiger partial charge in [0.1, 0.15) is 0 Å². The van der Waals surface area contributed by atoms with E-state index in [2.05, 4.69) is 43.4 Å². The van der Waals surface area contributed by atoms with Gasteiger partial charge in [-0.2, -0.15) is 0 Å². The lowest BCUT2D eigenvalue weighted by molar-refractivity contribution is 0.186. The molecule has 1 heteroatoms. The number of hydrogen-bond donors (Lipinski definition) is 0. The molecule has 109 valence electrons. The van der Waals surface area contributed by atoms with Crippen LogP contribution >= 0.6 is 0 Å². The molecule has 0 rings (SSSR count). The summed E-state index contributed by atoms with van der Waals surface area (Å²) < 4.78 is 0. The fourth-order valence-electron chi connectivity index (χ4n) is 1.90. The van der Waals surface area contributed by atoms with E-state index in [0.29, 0.717) is 0 Å². The molecule has 0 aliphatic rings. The number of allylic oxidation sites excluding steroid dienone is 6. The maximum Gasteiger partial charge on any atom is 0.0822 e. The maximum absolute atomic E-state index is 10.2. The number of unbranched alkanes of at least 4 members (excludes halogenated alkanes) is 6. The molecule has 0 heterocycles.